The monoisotopic (exact) mass is 405 g/mol. The molecule has 11 heteroatoms. The Morgan fingerprint density at radius 3 is 2.63 bits per heavy atom. The minimum Gasteiger partial charge on any atom is -0.349 e. The van der Waals surface area contributed by atoms with Crippen LogP contribution in [0.3, 0.4) is 0 Å². The lowest BCUT2D eigenvalue weighted by atomic mass is 10.1. The molecule has 1 fully saturated rings. The van der Waals surface area contributed by atoms with Crippen molar-refractivity contribution in [3.8, 4) is 11.3 Å². The lowest BCUT2D eigenvalue weighted by molar-refractivity contribution is -0.141. The third kappa shape index (κ3) is 5.10. The molecule has 0 unspecified atom stereocenters. The highest BCUT2D eigenvalue weighted by Gasteiger charge is 2.33. The second kappa shape index (κ2) is 8.57. The molecule has 0 saturated carbocycles. The highest BCUT2D eigenvalue weighted by Crippen LogP contribution is 2.28. The summed E-state index contributed by atoms with van der Waals surface area (Å²) >= 11 is 0. The Morgan fingerprint density at radius 1 is 1.26 bits per heavy atom. The van der Waals surface area contributed by atoms with E-state index >= 15 is 0 Å². The fraction of sp³-hybridized carbons (Fsp3) is 0.375. The minimum atomic E-state index is -4.51. The molecule has 1 amide bonds. The van der Waals surface area contributed by atoms with E-state index in [2.05, 4.69) is 25.6 Å². The van der Waals surface area contributed by atoms with Crippen molar-refractivity contribution in [1.29, 1.82) is 0 Å². The van der Waals surface area contributed by atoms with Gasteiger partial charge in [-0.25, -0.2) is 14.4 Å². The van der Waals surface area contributed by atoms with E-state index in [0.29, 0.717) is 23.5 Å². The van der Waals surface area contributed by atoms with E-state index in [0.717, 1.165) is 12.3 Å². The second-order valence-corrected chi connectivity index (χ2v) is 5.78. The van der Waals surface area contributed by atoms with Crippen molar-refractivity contribution in [3.05, 3.63) is 42.1 Å². The molecule has 2 aromatic heterocycles. The van der Waals surface area contributed by atoms with E-state index in [4.69, 9.17) is 0 Å². The number of carbonyl (C=O) groups excluding carboxylic acids is 1. The van der Waals surface area contributed by atoms with Crippen molar-refractivity contribution in [1.82, 2.24) is 25.6 Å². The summed E-state index contributed by atoms with van der Waals surface area (Å²) in [5, 5.41) is 5.36. The fourth-order valence-corrected chi connectivity index (χ4v) is 2.58. The predicted molar refractivity (Wildman–Crippen MR) is 90.7 cm³/mol. The maximum absolute atomic E-state index is 13.5. The molecule has 2 N–H and O–H groups in total. The topological polar surface area (TPSA) is 79.8 Å². The smallest absolute Gasteiger partial charge is 0.349 e. The molecule has 0 bridgehead atoms. The molecule has 0 aliphatic carbocycles. The first kappa shape index (κ1) is 21.0. The first-order valence-electron chi connectivity index (χ1n) is 7.84. The summed E-state index contributed by atoms with van der Waals surface area (Å²) in [7, 11) is 0. The Hall–Kier alpha value is -2.33. The molecule has 146 valence electrons. The van der Waals surface area contributed by atoms with Gasteiger partial charge < -0.3 is 10.6 Å². The van der Waals surface area contributed by atoms with Crippen LogP contribution in [0.2, 0.25) is 0 Å². The van der Waals surface area contributed by atoms with Crippen LogP contribution in [0.1, 0.15) is 17.8 Å². The van der Waals surface area contributed by atoms with Gasteiger partial charge in [0.25, 0.3) is 0 Å². The zero-order valence-electron chi connectivity index (χ0n) is 13.8. The van der Waals surface area contributed by atoms with E-state index in [9.17, 15) is 22.4 Å². The summed E-state index contributed by atoms with van der Waals surface area (Å²) in [5.74, 6) is -0.466. The lowest BCUT2D eigenvalue weighted by Crippen LogP contribution is -2.44. The number of nitrogens with one attached hydrogen (secondary N) is 2. The molecule has 1 aliphatic heterocycles. The molecular formula is C16H16ClF4N5O. The van der Waals surface area contributed by atoms with Crippen molar-refractivity contribution < 1.29 is 22.4 Å². The van der Waals surface area contributed by atoms with E-state index in [-0.39, 0.29) is 25.4 Å². The van der Waals surface area contributed by atoms with Gasteiger partial charge in [-0.1, -0.05) is 0 Å². The summed E-state index contributed by atoms with van der Waals surface area (Å²) in [6, 6.07) is 2.78. The number of hydrogen-bond acceptors (Lipinski definition) is 5. The SMILES string of the molecule is Cl.O=C(NCc1cc(-c2ccc(C(F)(F)F)nc2)ncn1)[C@H]1NCC[C@H]1F. The van der Waals surface area contributed by atoms with Gasteiger partial charge in [-0.3, -0.25) is 9.78 Å². The molecule has 2 atom stereocenters. The third-order valence-electron chi connectivity index (χ3n) is 3.95. The number of alkyl halides is 4. The van der Waals surface area contributed by atoms with E-state index in [1.807, 2.05) is 0 Å². The molecule has 0 aromatic carbocycles. The summed E-state index contributed by atoms with van der Waals surface area (Å²) < 4.78 is 51.2. The van der Waals surface area contributed by atoms with Gasteiger partial charge in [0.2, 0.25) is 5.91 Å². The second-order valence-electron chi connectivity index (χ2n) is 5.78. The summed E-state index contributed by atoms with van der Waals surface area (Å²) in [6.07, 6.45) is -3.14. The molecule has 27 heavy (non-hydrogen) atoms. The van der Waals surface area contributed by atoms with Crippen LogP contribution in [0.25, 0.3) is 11.3 Å². The Bertz CT molecular complexity index is 787. The number of rotatable bonds is 4. The van der Waals surface area contributed by atoms with Gasteiger partial charge in [-0.05, 0) is 31.2 Å². The number of amides is 1. The van der Waals surface area contributed by atoms with Gasteiger partial charge in [-0.2, -0.15) is 13.2 Å². The Morgan fingerprint density at radius 2 is 2.04 bits per heavy atom. The molecule has 6 nitrogen and oxygen atoms in total. The molecule has 0 radical (unpaired) electrons. The quantitative estimate of drug-likeness (QED) is 0.763. The largest absolute Gasteiger partial charge is 0.433 e. The Kier molecular flexibility index (Phi) is 6.66. The van der Waals surface area contributed by atoms with Gasteiger partial charge in [0.15, 0.2) is 0 Å². The fourth-order valence-electron chi connectivity index (χ4n) is 2.58. The standard InChI is InChI=1S/C16H15F4N5O.ClH/c17-11-3-4-21-14(11)15(26)23-7-10-5-12(25-8-24-10)9-1-2-13(22-6-9)16(18,19)20;/h1-2,5-6,8,11,14,21H,3-4,7H2,(H,23,26);1H/t11-,14+;/m1./s1. The average Bonchev–Trinajstić information content (AvgIpc) is 3.05. The van der Waals surface area contributed by atoms with Crippen LogP contribution in [-0.2, 0) is 17.5 Å². The van der Waals surface area contributed by atoms with Gasteiger partial charge in [-0.15, -0.1) is 12.4 Å². The van der Waals surface area contributed by atoms with Crippen LogP contribution < -0.4 is 10.6 Å². The van der Waals surface area contributed by atoms with E-state index in [1.54, 1.807) is 0 Å². The van der Waals surface area contributed by atoms with E-state index < -0.39 is 30.0 Å². The average molecular weight is 406 g/mol. The predicted octanol–water partition coefficient (Wildman–Crippen LogP) is 2.30. The summed E-state index contributed by atoms with van der Waals surface area (Å²) in [5.41, 5.74) is 0.200. The van der Waals surface area contributed by atoms with Gasteiger partial charge in [0.1, 0.15) is 24.2 Å². The number of carbonyl (C=O) groups is 1. The van der Waals surface area contributed by atoms with Crippen LogP contribution in [0.5, 0.6) is 0 Å². The van der Waals surface area contributed by atoms with Crippen molar-refractivity contribution in [2.45, 2.75) is 31.4 Å². The van der Waals surface area contributed by atoms with Crippen LogP contribution in [0.15, 0.2) is 30.7 Å². The van der Waals surface area contributed by atoms with Crippen LogP contribution >= 0.6 is 12.4 Å². The molecule has 0 spiro atoms. The molecule has 3 rings (SSSR count). The van der Waals surface area contributed by atoms with Crippen LogP contribution in [0, 0.1) is 0 Å². The Labute approximate surface area is 158 Å². The number of halogens is 5. The minimum absolute atomic E-state index is 0. The first-order chi connectivity index (χ1) is 12.3. The van der Waals surface area contributed by atoms with Crippen molar-refractivity contribution in [3.63, 3.8) is 0 Å². The molecule has 1 aliphatic rings. The summed E-state index contributed by atoms with van der Waals surface area (Å²) in [4.78, 5) is 23.3. The van der Waals surface area contributed by atoms with Crippen LogP contribution in [-0.4, -0.2) is 39.6 Å². The molecule has 2 aromatic rings. The molecule has 1 saturated heterocycles. The first-order valence-corrected chi connectivity index (χ1v) is 7.84. The zero-order valence-corrected chi connectivity index (χ0v) is 14.6. The van der Waals surface area contributed by atoms with Gasteiger partial charge in [0.05, 0.1) is 17.9 Å². The Balaban J connectivity index is 0.00000261. The summed E-state index contributed by atoms with van der Waals surface area (Å²) in [6.45, 7) is 0.491. The van der Waals surface area contributed by atoms with Gasteiger partial charge in [0, 0.05) is 11.8 Å². The molecule has 3 heterocycles. The normalized spacial score (nSPS) is 19.4. The zero-order chi connectivity index (χ0) is 18.7. The third-order valence-corrected chi connectivity index (χ3v) is 3.95. The van der Waals surface area contributed by atoms with Crippen molar-refractivity contribution in [2.75, 3.05) is 6.54 Å². The highest BCUT2D eigenvalue weighted by atomic mass is 35.5. The number of pyridine rings is 1. The number of aromatic nitrogens is 3. The maximum atomic E-state index is 13.5. The van der Waals surface area contributed by atoms with Crippen LogP contribution in [0.4, 0.5) is 17.6 Å². The van der Waals surface area contributed by atoms with Gasteiger partial charge >= 0.3 is 6.18 Å². The molecular weight excluding hydrogens is 390 g/mol. The lowest BCUT2D eigenvalue weighted by Gasteiger charge is -2.13. The van der Waals surface area contributed by atoms with Crippen molar-refractivity contribution in [2.24, 2.45) is 0 Å². The number of nitrogens with zero attached hydrogens (tertiary/aromatic N) is 3. The van der Waals surface area contributed by atoms with Crippen molar-refractivity contribution >= 4 is 18.3 Å². The van der Waals surface area contributed by atoms with E-state index in [1.165, 1.54) is 18.5 Å². The highest BCUT2D eigenvalue weighted by molar-refractivity contribution is 5.85. The maximum Gasteiger partial charge on any atom is 0.433 e. The number of hydrogen-bond donors (Lipinski definition) is 2.